The topological polar surface area (TPSA) is 40.5 Å². The van der Waals surface area contributed by atoms with Gasteiger partial charge in [-0.3, -0.25) is 4.79 Å². The Morgan fingerprint density at radius 3 is 2.85 bits per heavy atom. The molecule has 1 aromatic carbocycles. The Morgan fingerprint density at radius 2 is 2.20 bits per heavy atom. The maximum Gasteiger partial charge on any atom is 0.226 e. The van der Waals surface area contributed by atoms with Gasteiger partial charge in [0.15, 0.2) is 0 Å². The number of aliphatic hydroxyl groups excluding tert-OH is 1. The monoisotopic (exact) mass is 293 g/mol. The summed E-state index contributed by atoms with van der Waals surface area (Å²) in [5.41, 5.74) is 1.30. The van der Waals surface area contributed by atoms with E-state index in [2.05, 4.69) is 12.1 Å². The first kappa shape index (κ1) is 15.4. The molecule has 1 aliphatic heterocycles. The van der Waals surface area contributed by atoms with Gasteiger partial charge in [-0.25, -0.2) is 0 Å². The predicted molar refractivity (Wildman–Crippen MR) is 83.5 cm³/mol. The second kappa shape index (κ2) is 7.70. The van der Waals surface area contributed by atoms with E-state index < -0.39 is 0 Å². The van der Waals surface area contributed by atoms with Crippen molar-refractivity contribution in [3.63, 3.8) is 0 Å². The Bertz CT molecular complexity index is 424. The van der Waals surface area contributed by atoms with Gasteiger partial charge in [-0.05, 0) is 12.0 Å². The first-order valence-electron chi connectivity index (χ1n) is 7.22. The molecule has 1 aliphatic rings. The molecule has 2 atom stereocenters. The number of rotatable bonds is 6. The van der Waals surface area contributed by atoms with Crippen molar-refractivity contribution in [2.75, 3.05) is 25.4 Å². The molecular weight excluding hydrogens is 270 g/mol. The van der Waals surface area contributed by atoms with Crippen LogP contribution in [0.2, 0.25) is 0 Å². The summed E-state index contributed by atoms with van der Waals surface area (Å²) in [6.07, 6.45) is 0.937. The van der Waals surface area contributed by atoms with Crippen molar-refractivity contribution in [2.45, 2.75) is 19.1 Å². The van der Waals surface area contributed by atoms with Crippen molar-refractivity contribution in [2.24, 2.45) is 11.8 Å². The number of hydrogen-bond acceptors (Lipinski definition) is 3. The molecule has 1 saturated heterocycles. The number of amides is 1. The van der Waals surface area contributed by atoms with Gasteiger partial charge in [0.05, 0.1) is 0 Å². The molecule has 110 valence electrons. The van der Waals surface area contributed by atoms with Crippen LogP contribution < -0.4 is 0 Å². The highest BCUT2D eigenvalue weighted by Gasteiger charge is 2.28. The van der Waals surface area contributed by atoms with E-state index in [9.17, 15) is 4.79 Å². The lowest BCUT2D eigenvalue weighted by Gasteiger charge is -2.20. The highest BCUT2D eigenvalue weighted by molar-refractivity contribution is 7.98. The minimum Gasteiger partial charge on any atom is -0.396 e. The van der Waals surface area contributed by atoms with E-state index in [1.807, 2.05) is 41.8 Å². The summed E-state index contributed by atoms with van der Waals surface area (Å²) in [6.45, 7) is 3.73. The lowest BCUT2D eigenvalue weighted by molar-refractivity contribution is -0.133. The summed E-state index contributed by atoms with van der Waals surface area (Å²) in [5.74, 6) is 2.39. The van der Waals surface area contributed by atoms with Crippen molar-refractivity contribution in [1.29, 1.82) is 0 Å². The van der Waals surface area contributed by atoms with Crippen LogP contribution in [-0.2, 0) is 10.5 Å². The molecule has 2 unspecified atom stereocenters. The minimum absolute atomic E-state index is 0.0566. The normalized spacial score (nSPS) is 20.1. The van der Waals surface area contributed by atoms with Gasteiger partial charge in [0, 0.05) is 43.0 Å². The molecule has 0 aromatic heterocycles. The second-order valence-electron chi connectivity index (χ2n) is 5.52. The number of aliphatic hydroxyl groups is 1. The molecule has 3 nitrogen and oxygen atoms in total. The fourth-order valence-electron chi connectivity index (χ4n) is 2.49. The third-order valence-corrected chi connectivity index (χ3v) is 5.03. The van der Waals surface area contributed by atoms with E-state index in [0.717, 1.165) is 31.0 Å². The molecule has 1 N–H and O–H groups in total. The summed E-state index contributed by atoms with van der Waals surface area (Å²) in [6, 6.07) is 10.3. The average Bonchev–Trinajstić information content (AvgIpc) is 2.96. The number of likely N-dealkylation sites (tertiary alicyclic amines) is 1. The smallest absolute Gasteiger partial charge is 0.226 e. The Kier molecular flexibility index (Phi) is 5.92. The molecule has 1 fully saturated rings. The van der Waals surface area contributed by atoms with Crippen LogP contribution in [0.4, 0.5) is 0 Å². The number of carbonyl (C=O) groups is 1. The van der Waals surface area contributed by atoms with Crippen LogP contribution >= 0.6 is 11.8 Å². The molecule has 0 spiro atoms. The zero-order valence-corrected chi connectivity index (χ0v) is 12.8. The van der Waals surface area contributed by atoms with E-state index in [0.29, 0.717) is 0 Å². The lowest BCUT2D eigenvalue weighted by Crippen LogP contribution is -2.34. The highest BCUT2D eigenvalue weighted by Crippen LogP contribution is 2.21. The Hall–Kier alpha value is -1.00. The van der Waals surface area contributed by atoms with Crippen LogP contribution in [0.25, 0.3) is 0 Å². The third kappa shape index (κ3) is 4.25. The van der Waals surface area contributed by atoms with E-state index in [1.54, 1.807) is 0 Å². The summed E-state index contributed by atoms with van der Waals surface area (Å²) < 4.78 is 0. The molecule has 4 heteroatoms. The molecule has 0 saturated carbocycles. The number of benzene rings is 1. The summed E-state index contributed by atoms with van der Waals surface area (Å²) in [4.78, 5) is 14.2. The van der Waals surface area contributed by atoms with Crippen LogP contribution in [0.3, 0.4) is 0 Å². The Balaban J connectivity index is 1.72. The standard InChI is InChI=1S/C16H23NO2S/c1-13(11-20-12-14-5-3-2-4-6-14)16(19)17-8-7-15(9-17)10-18/h2-6,13,15,18H,7-12H2,1H3. The summed E-state index contributed by atoms with van der Waals surface area (Å²) in [7, 11) is 0. The molecule has 2 rings (SSSR count). The fraction of sp³-hybridized carbons (Fsp3) is 0.562. The van der Waals surface area contributed by atoms with Crippen molar-refractivity contribution < 1.29 is 9.90 Å². The van der Waals surface area contributed by atoms with E-state index in [1.165, 1.54) is 5.56 Å². The lowest BCUT2D eigenvalue weighted by atomic mass is 10.1. The van der Waals surface area contributed by atoms with Crippen LogP contribution in [0.5, 0.6) is 0 Å². The molecular formula is C16H23NO2S. The van der Waals surface area contributed by atoms with Gasteiger partial charge in [0.1, 0.15) is 0 Å². The number of nitrogens with zero attached hydrogens (tertiary/aromatic N) is 1. The first-order chi connectivity index (χ1) is 9.70. The van der Waals surface area contributed by atoms with E-state index in [4.69, 9.17) is 5.11 Å². The summed E-state index contributed by atoms with van der Waals surface area (Å²) in [5, 5.41) is 9.13. The number of carbonyl (C=O) groups excluding carboxylic acids is 1. The quantitative estimate of drug-likeness (QED) is 0.875. The van der Waals surface area contributed by atoms with Gasteiger partial charge in [0.25, 0.3) is 0 Å². The van der Waals surface area contributed by atoms with Crippen LogP contribution in [0.1, 0.15) is 18.9 Å². The van der Waals surface area contributed by atoms with Crippen LogP contribution in [-0.4, -0.2) is 41.4 Å². The minimum atomic E-state index is 0.0566. The largest absolute Gasteiger partial charge is 0.396 e. The molecule has 0 bridgehead atoms. The van der Waals surface area contributed by atoms with E-state index >= 15 is 0 Å². The number of hydrogen-bond donors (Lipinski definition) is 1. The van der Waals surface area contributed by atoms with Crippen molar-refractivity contribution in [1.82, 2.24) is 4.90 Å². The molecule has 1 heterocycles. The van der Waals surface area contributed by atoms with Gasteiger partial charge in [-0.15, -0.1) is 0 Å². The first-order valence-corrected chi connectivity index (χ1v) is 8.37. The van der Waals surface area contributed by atoms with Crippen LogP contribution in [0.15, 0.2) is 30.3 Å². The zero-order valence-electron chi connectivity index (χ0n) is 12.0. The summed E-state index contributed by atoms with van der Waals surface area (Å²) >= 11 is 1.81. The molecule has 0 aliphatic carbocycles. The van der Waals surface area contributed by atoms with Crippen LogP contribution in [0, 0.1) is 11.8 Å². The number of thioether (sulfide) groups is 1. The van der Waals surface area contributed by atoms with Crippen molar-refractivity contribution >= 4 is 17.7 Å². The van der Waals surface area contributed by atoms with Gasteiger partial charge < -0.3 is 10.0 Å². The second-order valence-corrected chi connectivity index (χ2v) is 6.55. The Morgan fingerprint density at radius 1 is 1.45 bits per heavy atom. The van der Waals surface area contributed by atoms with Crippen molar-refractivity contribution in [3.05, 3.63) is 35.9 Å². The zero-order chi connectivity index (χ0) is 14.4. The van der Waals surface area contributed by atoms with Gasteiger partial charge >= 0.3 is 0 Å². The average molecular weight is 293 g/mol. The third-order valence-electron chi connectivity index (χ3n) is 3.76. The maximum absolute atomic E-state index is 12.3. The molecule has 20 heavy (non-hydrogen) atoms. The highest BCUT2D eigenvalue weighted by atomic mass is 32.2. The Labute approximate surface area is 125 Å². The van der Waals surface area contributed by atoms with Gasteiger partial charge in [-0.1, -0.05) is 37.3 Å². The van der Waals surface area contributed by atoms with Gasteiger partial charge in [-0.2, -0.15) is 11.8 Å². The molecule has 1 aromatic rings. The SMILES string of the molecule is CC(CSCc1ccccc1)C(=O)N1CCC(CO)C1. The van der Waals surface area contributed by atoms with Gasteiger partial charge in [0.2, 0.25) is 5.91 Å². The van der Waals surface area contributed by atoms with E-state index in [-0.39, 0.29) is 24.3 Å². The fourth-order valence-corrected chi connectivity index (χ4v) is 3.53. The predicted octanol–water partition coefficient (Wildman–Crippen LogP) is 2.40. The van der Waals surface area contributed by atoms with Crippen molar-refractivity contribution in [3.8, 4) is 0 Å². The molecule has 0 radical (unpaired) electrons. The maximum atomic E-state index is 12.3. The molecule has 1 amide bonds.